The van der Waals surface area contributed by atoms with Gasteiger partial charge < -0.3 is 4.90 Å². The first-order valence-electron chi connectivity index (χ1n) is 18.2. The molecule has 1 heteroatoms. The lowest BCUT2D eigenvalue weighted by Gasteiger charge is -2.29. The Morgan fingerprint density at radius 1 is 0.245 bits per heavy atom. The molecule has 0 radical (unpaired) electrons. The quantitative estimate of drug-likeness (QED) is 0.155. The van der Waals surface area contributed by atoms with Crippen molar-refractivity contribution in [2.24, 2.45) is 0 Å². The largest absolute Gasteiger partial charge is 0.310 e. The van der Waals surface area contributed by atoms with Crippen LogP contribution in [0.3, 0.4) is 0 Å². The fraction of sp³-hybridized carbons (Fsp3) is 0. The molecule has 250 valence electrons. The van der Waals surface area contributed by atoms with E-state index in [0.29, 0.717) is 0 Å². The maximum Gasteiger partial charge on any atom is 0.0540 e. The van der Waals surface area contributed by atoms with Crippen LogP contribution in [0.2, 0.25) is 0 Å². The van der Waals surface area contributed by atoms with Crippen LogP contribution in [0, 0.1) is 0 Å². The van der Waals surface area contributed by atoms with Crippen LogP contribution in [0.4, 0.5) is 17.1 Å². The minimum absolute atomic E-state index is 1.09. The van der Waals surface area contributed by atoms with Gasteiger partial charge >= 0.3 is 0 Å². The van der Waals surface area contributed by atoms with E-state index in [2.05, 4.69) is 229 Å². The van der Waals surface area contributed by atoms with Crippen molar-refractivity contribution >= 4 is 27.8 Å². The zero-order chi connectivity index (χ0) is 35.4. The predicted octanol–water partition coefficient (Wildman–Crippen LogP) is 14.6. The number of fused-ring (bicyclic) bond motifs is 1. The van der Waals surface area contributed by atoms with Crippen molar-refractivity contribution in [1.29, 1.82) is 0 Å². The highest BCUT2D eigenvalue weighted by atomic mass is 15.1. The summed E-state index contributed by atoms with van der Waals surface area (Å²) in [5.41, 5.74) is 15.1. The third kappa shape index (κ3) is 6.53. The normalized spacial score (nSPS) is 11.0. The van der Waals surface area contributed by atoms with Gasteiger partial charge in [-0.25, -0.2) is 0 Å². The van der Waals surface area contributed by atoms with Gasteiger partial charge in [-0.05, 0) is 103 Å². The molecule has 9 aromatic carbocycles. The van der Waals surface area contributed by atoms with Gasteiger partial charge in [-0.3, -0.25) is 0 Å². The molecule has 0 atom stereocenters. The second kappa shape index (κ2) is 14.3. The van der Waals surface area contributed by atoms with E-state index in [0.717, 1.165) is 22.6 Å². The Kier molecular flexibility index (Phi) is 8.66. The number of benzene rings is 9. The van der Waals surface area contributed by atoms with Gasteiger partial charge in [0.05, 0.1) is 5.69 Å². The zero-order valence-corrected chi connectivity index (χ0v) is 29.3. The molecule has 0 fully saturated rings. The van der Waals surface area contributed by atoms with E-state index in [1.165, 1.54) is 60.8 Å². The second-order valence-corrected chi connectivity index (χ2v) is 13.4. The first kappa shape index (κ1) is 32.0. The van der Waals surface area contributed by atoms with Gasteiger partial charge in [0.15, 0.2) is 0 Å². The number of hydrogen-bond acceptors (Lipinski definition) is 1. The van der Waals surface area contributed by atoms with Gasteiger partial charge in [0.25, 0.3) is 0 Å². The maximum atomic E-state index is 2.42. The summed E-state index contributed by atoms with van der Waals surface area (Å²) in [6, 6.07) is 80.9. The fourth-order valence-electron chi connectivity index (χ4n) is 7.44. The van der Waals surface area contributed by atoms with E-state index in [-0.39, 0.29) is 0 Å². The zero-order valence-electron chi connectivity index (χ0n) is 29.3. The summed E-state index contributed by atoms with van der Waals surface area (Å²) in [5, 5.41) is 2.50. The molecular formula is C52H37N. The Hall–Kier alpha value is -6.96. The van der Waals surface area contributed by atoms with Crippen LogP contribution in [0.5, 0.6) is 0 Å². The number of rotatable bonds is 8. The highest BCUT2D eigenvalue weighted by molar-refractivity contribution is 5.98. The molecule has 0 aromatic heterocycles. The van der Waals surface area contributed by atoms with Crippen molar-refractivity contribution in [2.75, 3.05) is 4.90 Å². The standard InChI is InChI=1S/C52H37N/c1-4-16-38(17-5-1)41-30-32-47(33-31-41)53(48-36-45(39-18-6-2-7-19-39)35-46(37-48)40-20-8-3-9-21-40)52-29-13-12-27-51(52)44-25-14-24-43(34-44)50-28-15-23-42-22-10-11-26-49(42)50/h1-37H. The monoisotopic (exact) mass is 675 g/mol. The molecule has 0 N–H and O–H groups in total. The first-order chi connectivity index (χ1) is 26.3. The molecule has 0 heterocycles. The summed E-state index contributed by atoms with van der Waals surface area (Å²) >= 11 is 0. The highest BCUT2D eigenvalue weighted by Crippen LogP contribution is 2.44. The van der Waals surface area contributed by atoms with Crippen molar-refractivity contribution in [3.63, 3.8) is 0 Å². The molecule has 53 heavy (non-hydrogen) atoms. The Labute approximate surface area is 311 Å². The Morgan fingerprint density at radius 3 is 1.34 bits per heavy atom. The van der Waals surface area contributed by atoms with Gasteiger partial charge in [0.2, 0.25) is 0 Å². The smallest absolute Gasteiger partial charge is 0.0540 e. The van der Waals surface area contributed by atoms with E-state index in [4.69, 9.17) is 0 Å². The minimum atomic E-state index is 1.09. The summed E-state index contributed by atoms with van der Waals surface area (Å²) < 4.78 is 0. The molecule has 1 nitrogen and oxygen atoms in total. The molecule has 0 aliphatic carbocycles. The number of para-hydroxylation sites is 1. The summed E-state index contributed by atoms with van der Waals surface area (Å²) in [6.45, 7) is 0. The Balaban J connectivity index is 1.25. The molecule has 0 bridgehead atoms. The number of nitrogens with zero attached hydrogens (tertiary/aromatic N) is 1. The molecule has 0 amide bonds. The van der Waals surface area contributed by atoms with Crippen LogP contribution < -0.4 is 4.90 Å². The van der Waals surface area contributed by atoms with Gasteiger partial charge in [0, 0.05) is 16.9 Å². The number of anilines is 3. The highest BCUT2D eigenvalue weighted by Gasteiger charge is 2.20. The van der Waals surface area contributed by atoms with Crippen molar-refractivity contribution in [1.82, 2.24) is 0 Å². The first-order valence-corrected chi connectivity index (χ1v) is 18.2. The van der Waals surface area contributed by atoms with E-state index < -0.39 is 0 Å². The van der Waals surface area contributed by atoms with E-state index in [1.807, 2.05) is 0 Å². The molecule has 0 aliphatic rings. The van der Waals surface area contributed by atoms with Crippen molar-refractivity contribution in [2.45, 2.75) is 0 Å². The lowest BCUT2D eigenvalue weighted by atomic mass is 9.94. The summed E-state index contributed by atoms with van der Waals surface area (Å²) in [4.78, 5) is 2.42. The van der Waals surface area contributed by atoms with Crippen molar-refractivity contribution in [3.8, 4) is 55.6 Å². The predicted molar refractivity (Wildman–Crippen MR) is 226 cm³/mol. The molecule has 0 unspecified atom stereocenters. The van der Waals surface area contributed by atoms with Crippen LogP contribution >= 0.6 is 0 Å². The van der Waals surface area contributed by atoms with Crippen LogP contribution in [0.25, 0.3) is 66.4 Å². The molecule has 9 aromatic rings. The summed E-state index contributed by atoms with van der Waals surface area (Å²) in [7, 11) is 0. The average molecular weight is 676 g/mol. The third-order valence-electron chi connectivity index (χ3n) is 10.0. The van der Waals surface area contributed by atoms with Gasteiger partial charge in [-0.2, -0.15) is 0 Å². The second-order valence-electron chi connectivity index (χ2n) is 13.4. The Morgan fingerprint density at radius 2 is 0.679 bits per heavy atom. The maximum absolute atomic E-state index is 2.42. The molecule has 0 saturated carbocycles. The molecule has 0 aliphatic heterocycles. The molecule has 0 saturated heterocycles. The van der Waals surface area contributed by atoms with Gasteiger partial charge in [-0.15, -0.1) is 0 Å². The van der Waals surface area contributed by atoms with Crippen LogP contribution in [-0.4, -0.2) is 0 Å². The molecule has 0 spiro atoms. The van der Waals surface area contributed by atoms with Crippen molar-refractivity contribution < 1.29 is 0 Å². The van der Waals surface area contributed by atoms with Gasteiger partial charge in [0.1, 0.15) is 0 Å². The van der Waals surface area contributed by atoms with E-state index in [1.54, 1.807) is 0 Å². The SMILES string of the molecule is c1ccc(-c2ccc(N(c3cc(-c4ccccc4)cc(-c4ccccc4)c3)c3ccccc3-c3cccc(-c4cccc5ccccc45)c3)cc2)cc1. The van der Waals surface area contributed by atoms with Crippen molar-refractivity contribution in [3.05, 3.63) is 224 Å². The lowest BCUT2D eigenvalue weighted by molar-refractivity contribution is 1.28. The van der Waals surface area contributed by atoms with Crippen LogP contribution in [0.1, 0.15) is 0 Å². The Bertz CT molecular complexity index is 2580. The molecule has 9 rings (SSSR count). The summed E-state index contributed by atoms with van der Waals surface area (Å²) in [5.74, 6) is 0. The number of hydrogen-bond donors (Lipinski definition) is 0. The van der Waals surface area contributed by atoms with E-state index >= 15 is 0 Å². The average Bonchev–Trinajstić information content (AvgIpc) is 3.25. The fourth-order valence-corrected chi connectivity index (χ4v) is 7.44. The minimum Gasteiger partial charge on any atom is -0.310 e. The van der Waals surface area contributed by atoms with E-state index in [9.17, 15) is 0 Å². The van der Waals surface area contributed by atoms with Crippen LogP contribution in [-0.2, 0) is 0 Å². The van der Waals surface area contributed by atoms with Crippen LogP contribution in [0.15, 0.2) is 224 Å². The lowest BCUT2D eigenvalue weighted by Crippen LogP contribution is -2.11. The molecular weight excluding hydrogens is 639 g/mol. The van der Waals surface area contributed by atoms with Gasteiger partial charge in [-0.1, -0.05) is 182 Å². The third-order valence-corrected chi connectivity index (χ3v) is 10.0. The summed E-state index contributed by atoms with van der Waals surface area (Å²) in [6.07, 6.45) is 0. The topological polar surface area (TPSA) is 3.24 Å².